The summed E-state index contributed by atoms with van der Waals surface area (Å²) < 4.78 is 9.40. The van der Waals surface area contributed by atoms with Gasteiger partial charge in [0.2, 0.25) is 5.36 Å². The van der Waals surface area contributed by atoms with Crippen molar-refractivity contribution in [2.24, 2.45) is 0 Å². The van der Waals surface area contributed by atoms with E-state index in [9.17, 15) is 0 Å². The summed E-state index contributed by atoms with van der Waals surface area (Å²) in [4.78, 5) is 8.93. The summed E-state index contributed by atoms with van der Waals surface area (Å²) in [5.74, 6) is 0. The van der Waals surface area contributed by atoms with Gasteiger partial charge in [0.05, 0.1) is 33.0 Å². The molecule has 0 bridgehead atoms. The van der Waals surface area contributed by atoms with E-state index < -0.39 is 0 Å². The fourth-order valence-electron chi connectivity index (χ4n) is 4.31. The first-order valence-electron chi connectivity index (χ1n) is 10.7. The number of hydrogen-bond donors (Lipinski definition) is 0. The number of benzene rings is 2. The Morgan fingerprint density at radius 1 is 1.03 bits per heavy atom. The van der Waals surface area contributed by atoms with Crippen LogP contribution in [0.2, 0.25) is 0 Å². The summed E-state index contributed by atoms with van der Waals surface area (Å²) in [6.07, 6.45) is 2.50. The average molecular weight is 411 g/mol. The molecule has 0 radical (unpaired) electrons. The molecule has 2 unspecified atom stereocenters. The topological polar surface area (TPSA) is 28.4 Å². The fourth-order valence-corrected chi connectivity index (χ4v) is 5.45. The first kappa shape index (κ1) is 20.3. The van der Waals surface area contributed by atoms with E-state index in [1.807, 2.05) is 11.3 Å². The molecule has 4 rings (SSSR count). The molecule has 0 amide bonds. The van der Waals surface area contributed by atoms with Crippen molar-refractivity contribution >= 4 is 27.2 Å². The van der Waals surface area contributed by atoms with Gasteiger partial charge in [-0.1, -0.05) is 13.8 Å². The second-order valence-electron chi connectivity index (χ2n) is 8.38. The van der Waals surface area contributed by atoms with Gasteiger partial charge in [-0.25, -0.2) is 9.56 Å². The molecule has 2 heterocycles. The Balaban J connectivity index is 1.94. The highest BCUT2D eigenvalue weighted by Crippen LogP contribution is 2.36. The molecular weight excluding hydrogens is 378 g/mol. The summed E-state index contributed by atoms with van der Waals surface area (Å²) in [6, 6.07) is 9.25. The van der Waals surface area contributed by atoms with Gasteiger partial charge in [-0.15, -0.1) is 11.3 Å². The molecule has 1 saturated heterocycles. The Kier molecular flexibility index (Phi) is 5.63. The van der Waals surface area contributed by atoms with Crippen LogP contribution in [-0.4, -0.2) is 44.4 Å². The molecular formula is C24H32N3OS+. The van der Waals surface area contributed by atoms with Crippen molar-refractivity contribution in [1.29, 1.82) is 0 Å². The van der Waals surface area contributed by atoms with E-state index in [0.29, 0.717) is 0 Å². The van der Waals surface area contributed by atoms with E-state index in [2.05, 4.69) is 75.5 Å². The van der Waals surface area contributed by atoms with Gasteiger partial charge in [0.1, 0.15) is 14.1 Å². The Labute approximate surface area is 177 Å². The first-order chi connectivity index (χ1) is 13.9. The van der Waals surface area contributed by atoms with Crippen LogP contribution in [0.25, 0.3) is 20.8 Å². The number of fused-ring (bicyclic) bond motifs is 2. The summed E-state index contributed by atoms with van der Waals surface area (Å²) in [5, 5.41) is 1.24. The molecule has 1 aliphatic carbocycles. The minimum Gasteiger partial charge on any atom is -0.372 e. The molecule has 5 heteroatoms. The third kappa shape index (κ3) is 3.90. The zero-order chi connectivity index (χ0) is 20.7. The zero-order valence-corrected chi connectivity index (χ0v) is 19.3. The quantitative estimate of drug-likeness (QED) is 0.479. The lowest BCUT2D eigenvalue weighted by Crippen LogP contribution is -2.45. The highest BCUT2D eigenvalue weighted by Gasteiger charge is 2.24. The Morgan fingerprint density at radius 2 is 1.72 bits per heavy atom. The van der Waals surface area contributed by atoms with Crippen molar-refractivity contribution in [2.75, 3.05) is 32.1 Å². The largest absolute Gasteiger partial charge is 0.372 e. The molecule has 0 spiro atoms. The van der Waals surface area contributed by atoms with Gasteiger partial charge in [-0.3, -0.25) is 0 Å². The Hall–Kier alpha value is -1.98. The number of rotatable bonds is 3. The average Bonchev–Trinajstić information content (AvgIpc) is 2.69. The lowest BCUT2D eigenvalue weighted by molar-refractivity contribution is -0.00521. The van der Waals surface area contributed by atoms with Crippen molar-refractivity contribution < 1.29 is 4.74 Å². The van der Waals surface area contributed by atoms with Crippen LogP contribution < -0.4 is 14.8 Å². The summed E-state index contributed by atoms with van der Waals surface area (Å²) in [5.41, 5.74) is 6.28. The zero-order valence-electron chi connectivity index (χ0n) is 18.5. The van der Waals surface area contributed by atoms with Crippen LogP contribution in [0.1, 0.15) is 38.8 Å². The van der Waals surface area contributed by atoms with Gasteiger partial charge in [0, 0.05) is 30.9 Å². The molecule has 1 aromatic rings. The molecule has 1 fully saturated rings. The predicted molar refractivity (Wildman–Crippen MR) is 124 cm³/mol. The molecule has 0 aromatic heterocycles. The Bertz CT molecular complexity index is 1070. The van der Waals surface area contributed by atoms with Crippen molar-refractivity contribution in [3.63, 3.8) is 0 Å². The molecule has 29 heavy (non-hydrogen) atoms. The lowest BCUT2D eigenvalue weighted by Gasteiger charge is -2.37. The van der Waals surface area contributed by atoms with E-state index in [-0.39, 0.29) is 12.2 Å². The highest BCUT2D eigenvalue weighted by molar-refractivity contribution is 7.21. The highest BCUT2D eigenvalue weighted by atomic mass is 32.1. The van der Waals surface area contributed by atoms with Crippen molar-refractivity contribution in [1.82, 2.24) is 9.56 Å². The minimum absolute atomic E-state index is 0.257. The molecule has 1 aromatic carbocycles. The van der Waals surface area contributed by atoms with Crippen molar-refractivity contribution in [3.8, 4) is 10.6 Å². The van der Waals surface area contributed by atoms with Crippen molar-refractivity contribution in [2.45, 2.75) is 52.7 Å². The second-order valence-corrected chi connectivity index (χ2v) is 9.46. The van der Waals surface area contributed by atoms with E-state index in [0.717, 1.165) is 37.1 Å². The predicted octanol–water partition coefficient (Wildman–Crippen LogP) is 4.17. The third-order valence-corrected chi connectivity index (χ3v) is 6.85. The summed E-state index contributed by atoms with van der Waals surface area (Å²) in [6.45, 7) is 10.7. The van der Waals surface area contributed by atoms with E-state index in [1.54, 1.807) is 0 Å². The monoisotopic (exact) mass is 410 g/mol. The number of hydrogen-bond acceptors (Lipinski definition) is 4. The SMILES string of the molecule is CCc1cc(=[N+](C)C)cc2sc3cc(N4CC(C)OC(C)C4)cc(CC)c3nc1-2. The van der Waals surface area contributed by atoms with Crippen LogP contribution in [0.5, 0.6) is 0 Å². The number of aromatic nitrogens is 1. The maximum atomic E-state index is 5.94. The van der Waals surface area contributed by atoms with Crippen LogP contribution in [-0.2, 0) is 17.6 Å². The van der Waals surface area contributed by atoms with Gasteiger partial charge in [0.25, 0.3) is 0 Å². The van der Waals surface area contributed by atoms with Gasteiger partial charge in [-0.05, 0) is 49.9 Å². The van der Waals surface area contributed by atoms with Gasteiger partial charge in [0.15, 0.2) is 0 Å². The maximum absolute atomic E-state index is 5.94. The van der Waals surface area contributed by atoms with Crippen molar-refractivity contribution in [3.05, 3.63) is 40.7 Å². The third-order valence-electron chi connectivity index (χ3n) is 5.78. The number of anilines is 1. The van der Waals surface area contributed by atoms with E-state index in [1.165, 1.54) is 31.7 Å². The number of ether oxygens (including phenoxy) is 1. The van der Waals surface area contributed by atoms with Crippen LogP contribution in [0.3, 0.4) is 0 Å². The summed E-state index contributed by atoms with van der Waals surface area (Å²) >= 11 is 1.87. The molecule has 2 atom stereocenters. The van der Waals surface area contributed by atoms with Gasteiger partial charge in [-0.2, -0.15) is 0 Å². The standard InChI is InChI=1S/C24H32N3OS/c1-7-17-9-19(26(5)6)11-21-23(17)25-24-18(8-2)10-20(12-22(24)29-21)27-13-15(3)28-16(4)14-27/h9-12,15-16H,7-8,13-14H2,1-6H3/q+1. The van der Waals surface area contributed by atoms with Crippen LogP contribution >= 0.6 is 11.3 Å². The van der Waals surface area contributed by atoms with Crippen LogP contribution in [0.15, 0.2) is 24.3 Å². The van der Waals surface area contributed by atoms with Gasteiger partial charge >= 0.3 is 0 Å². The lowest BCUT2D eigenvalue weighted by atomic mass is 10.1. The molecule has 4 nitrogen and oxygen atoms in total. The molecule has 154 valence electrons. The molecule has 2 aliphatic heterocycles. The first-order valence-corrected chi connectivity index (χ1v) is 11.5. The molecule has 0 N–H and O–H groups in total. The Morgan fingerprint density at radius 3 is 2.34 bits per heavy atom. The minimum atomic E-state index is 0.257. The van der Waals surface area contributed by atoms with Crippen LogP contribution in [0.4, 0.5) is 5.69 Å². The van der Waals surface area contributed by atoms with Crippen LogP contribution in [0, 0.1) is 0 Å². The normalized spacial score (nSPS) is 19.9. The number of morpholine rings is 1. The fraction of sp³-hybridized carbons (Fsp3) is 0.500. The second kappa shape index (κ2) is 8.04. The molecule has 3 aliphatic rings. The maximum Gasteiger partial charge on any atom is 0.201 e. The van der Waals surface area contributed by atoms with E-state index >= 15 is 0 Å². The molecule has 0 saturated carbocycles. The number of nitrogens with zero attached hydrogens (tertiary/aromatic N) is 3. The van der Waals surface area contributed by atoms with E-state index in [4.69, 9.17) is 9.72 Å². The van der Waals surface area contributed by atoms with Gasteiger partial charge < -0.3 is 9.64 Å². The number of aryl methyl sites for hydroxylation is 2. The smallest absolute Gasteiger partial charge is 0.201 e. The summed E-state index contributed by atoms with van der Waals surface area (Å²) in [7, 11) is 4.21.